The molecule has 12 heavy (non-hydrogen) atoms. The second-order valence-electron chi connectivity index (χ2n) is 3.11. The molecule has 0 aromatic carbocycles. The van der Waals surface area contributed by atoms with Gasteiger partial charge < -0.3 is 14.9 Å². The van der Waals surface area contributed by atoms with E-state index in [9.17, 15) is 0 Å². The molecule has 1 unspecified atom stereocenters. The van der Waals surface area contributed by atoms with Gasteiger partial charge in [-0.25, -0.2) is 0 Å². The summed E-state index contributed by atoms with van der Waals surface area (Å²) < 4.78 is 4.71. The van der Waals surface area contributed by atoms with E-state index in [1.54, 1.807) is 0 Å². The summed E-state index contributed by atoms with van der Waals surface area (Å²) in [6, 6.07) is 0. The van der Waals surface area contributed by atoms with Crippen LogP contribution in [0.3, 0.4) is 0 Å². The van der Waals surface area contributed by atoms with Crippen LogP contribution < -0.4 is 0 Å². The number of aliphatic hydroxyl groups is 2. The highest BCUT2D eigenvalue weighted by Crippen LogP contribution is 2.05. The average molecular weight is 178 g/mol. The van der Waals surface area contributed by atoms with E-state index >= 15 is 0 Å². The van der Waals surface area contributed by atoms with Crippen molar-refractivity contribution in [3.8, 4) is 0 Å². The minimum absolute atomic E-state index is 0. The highest BCUT2D eigenvalue weighted by molar-refractivity contribution is 4.58. The Kier molecular flexibility index (Phi) is 7.69. The van der Waals surface area contributed by atoms with Gasteiger partial charge in [-0.3, -0.25) is 0 Å². The first-order chi connectivity index (χ1) is 4.95. The lowest BCUT2D eigenvalue weighted by atomic mass is 10.2. The van der Waals surface area contributed by atoms with Crippen molar-refractivity contribution >= 4 is 0 Å². The third kappa shape index (κ3) is 16.5. The van der Waals surface area contributed by atoms with Crippen molar-refractivity contribution in [2.24, 2.45) is 0 Å². The van der Waals surface area contributed by atoms with Gasteiger partial charge in [0.1, 0.15) is 0 Å². The molecule has 1 rings (SSSR count). The van der Waals surface area contributed by atoms with Crippen LogP contribution in [0.5, 0.6) is 0 Å². The lowest BCUT2D eigenvalue weighted by molar-refractivity contribution is -0.149. The van der Waals surface area contributed by atoms with Crippen LogP contribution in [-0.2, 0) is 4.74 Å². The van der Waals surface area contributed by atoms with Crippen molar-refractivity contribution in [2.75, 3.05) is 6.61 Å². The highest BCUT2D eigenvalue weighted by atomic mass is 16.6. The van der Waals surface area contributed by atoms with Gasteiger partial charge in [-0.2, -0.15) is 0 Å². The SMILES string of the molecule is C.CC1CO1.CCCC(C)(O)O. The largest absolute Gasteiger partial charge is 0.373 e. The van der Waals surface area contributed by atoms with Gasteiger partial charge in [0, 0.05) is 6.42 Å². The Bertz CT molecular complexity index is 92.4. The second kappa shape index (κ2) is 6.40. The Morgan fingerprint density at radius 1 is 1.50 bits per heavy atom. The summed E-state index contributed by atoms with van der Waals surface area (Å²) in [5.41, 5.74) is 0. The zero-order valence-electron chi connectivity index (χ0n) is 7.50. The van der Waals surface area contributed by atoms with Gasteiger partial charge in [-0.05, 0) is 13.8 Å². The molecule has 0 radical (unpaired) electrons. The summed E-state index contributed by atoms with van der Waals surface area (Å²) >= 11 is 0. The van der Waals surface area contributed by atoms with E-state index in [1.807, 2.05) is 6.92 Å². The van der Waals surface area contributed by atoms with Crippen LogP contribution in [0.15, 0.2) is 0 Å². The Hall–Kier alpha value is -0.120. The monoisotopic (exact) mass is 178 g/mol. The predicted molar refractivity (Wildman–Crippen MR) is 49.9 cm³/mol. The van der Waals surface area contributed by atoms with Gasteiger partial charge in [0.05, 0.1) is 12.7 Å². The Balaban J connectivity index is 0. The predicted octanol–water partition coefficient (Wildman–Crippen LogP) is 1.53. The van der Waals surface area contributed by atoms with E-state index < -0.39 is 5.79 Å². The molecule has 0 aliphatic carbocycles. The van der Waals surface area contributed by atoms with Gasteiger partial charge in [0.25, 0.3) is 0 Å². The maximum absolute atomic E-state index is 8.57. The minimum atomic E-state index is -1.45. The van der Waals surface area contributed by atoms with Crippen molar-refractivity contribution in [1.29, 1.82) is 0 Å². The topological polar surface area (TPSA) is 53.0 Å². The molecule has 76 valence electrons. The third-order valence-electron chi connectivity index (χ3n) is 1.22. The molecular formula is C9H22O3. The Labute approximate surface area is 75.4 Å². The number of rotatable bonds is 2. The molecule has 1 heterocycles. The molecule has 1 atom stereocenters. The number of epoxide rings is 1. The fourth-order valence-electron chi connectivity index (χ4n) is 0.570. The summed E-state index contributed by atoms with van der Waals surface area (Å²) in [4.78, 5) is 0. The maximum atomic E-state index is 8.57. The Morgan fingerprint density at radius 3 is 1.83 bits per heavy atom. The zero-order chi connectivity index (χ0) is 8.91. The van der Waals surface area contributed by atoms with Crippen LogP contribution in [0.25, 0.3) is 0 Å². The van der Waals surface area contributed by atoms with E-state index in [2.05, 4.69) is 6.92 Å². The standard InChI is InChI=1S/C5H12O2.C3H6O.CH4/c1-3-4-5(2,6)7;1-3-2-4-3;/h6-7H,3-4H2,1-2H3;3H,2H2,1H3;1H4. The lowest BCUT2D eigenvalue weighted by Gasteiger charge is -2.12. The van der Waals surface area contributed by atoms with E-state index in [0.717, 1.165) is 13.0 Å². The third-order valence-corrected chi connectivity index (χ3v) is 1.22. The van der Waals surface area contributed by atoms with Crippen molar-refractivity contribution in [3.63, 3.8) is 0 Å². The van der Waals surface area contributed by atoms with Crippen LogP contribution in [0.2, 0.25) is 0 Å². The van der Waals surface area contributed by atoms with Gasteiger partial charge in [-0.15, -0.1) is 0 Å². The van der Waals surface area contributed by atoms with E-state index in [4.69, 9.17) is 14.9 Å². The van der Waals surface area contributed by atoms with E-state index in [0.29, 0.717) is 12.5 Å². The summed E-state index contributed by atoms with van der Waals surface area (Å²) in [6.07, 6.45) is 1.84. The molecule has 0 aromatic heterocycles. The fraction of sp³-hybridized carbons (Fsp3) is 1.00. The second-order valence-corrected chi connectivity index (χ2v) is 3.11. The van der Waals surface area contributed by atoms with Gasteiger partial charge >= 0.3 is 0 Å². The van der Waals surface area contributed by atoms with Crippen molar-refractivity contribution in [3.05, 3.63) is 0 Å². The molecule has 0 aromatic rings. The molecular weight excluding hydrogens is 156 g/mol. The average Bonchev–Trinajstić information content (AvgIpc) is 2.48. The number of hydrogen-bond acceptors (Lipinski definition) is 3. The molecule has 3 heteroatoms. The molecule has 0 bridgehead atoms. The van der Waals surface area contributed by atoms with Crippen LogP contribution in [0, 0.1) is 0 Å². The molecule has 1 aliphatic heterocycles. The molecule has 1 saturated heterocycles. The first-order valence-corrected chi connectivity index (χ1v) is 4.02. The number of hydrogen-bond donors (Lipinski definition) is 2. The summed E-state index contributed by atoms with van der Waals surface area (Å²) in [5.74, 6) is -1.45. The summed E-state index contributed by atoms with van der Waals surface area (Å²) in [5, 5.41) is 17.1. The molecule has 0 saturated carbocycles. The summed E-state index contributed by atoms with van der Waals surface area (Å²) in [6.45, 7) is 6.33. The van der Waals surface area contributed by atoms with Crippen LogP contribution in [0.4, 0.5) is 0 Å². The van der Waals surface area contributed by atoms with Crippen molar-refractivity contribution < 1.29 is 14.9 Å². The van der Waals surface area contributed by atoms with Crippen LogP contribution >= 0.6 is 0 Å². The first-order valence-electron chi connectivity index (χ1n) is 4.02. The quantitative estimate of drug-likeness (QED) is 0.498. The highest BCUT2D eigenvalue weighted by Gasteiger charge is 2.13. The minimum Gasteiger partial charge on any atom is -0.373 e. The zero-order valence-corrected chi connectivity index (χ0v) is 7.50. The molecule has 1 aliphatic rings. The van der Waals surface area contributed by atoms with E-state index in [1.165, 1.54) is 6.92 Å². The van der Waals surface area contributed by atoms with Gasteiger partial charge in [0.15, 0.2) is 5.79 Å². The maximum Gasteiger partial charge on any atom is 0.159 e. The lowest BCUT2D eigenvalue weighted by Crippen LogP contribution is -2.21. The molecule has 0 amide bonds. The molecule has 2 N–H and O–H groups in total. The smallest absolute Gasteiger partial charge is 0.159 e. The summed E-state index contributed by atoms with van der Waals surface area (Å²) in [7, 11) is 0. The number of ether oxygens (including phenoxy) is 1. The van der Waals surface area contributed by atoms with E-state index in [-0.39, 0.29) is 7.43 Å². The normalized spacial score (nSPS) is 20.2. The van der Waals surface area contributed by atoms with Crippen molar-refractivity contribution in [1.82, 2.24) is 0 Å². The van der Waals surface area contributed by atoms with Crippen LogP contribution in [0.1, 0.15) is 41.0 Å². The van der Waals surface area contributed by atoms with Gasteiger partial charge in [0.2, 0.25) is 0 Å². The van der Waals surface area contributed by atoms with Crippen LogP contribution in [-0.4, -0.2) is 28.7 Å². The Morgan fingerprint density at radius 2 is 1.83 bits per heavy atom. The van der Waals surface area contributed by atoms with Crippen molar-refractivity contribution in [2.45, 2.75) is 52.9 Å². The van der Waals surface area contributed by atoms with Gasteiger partial charge in [-0.1, -0.05) is 20.8 Å². The molecule has 0 spiro atoms. The molecule has 3 nitrogen and oxygen atoms in total. The fourth-order valence-corrected chi connectivity index (χ4v) is 0.570. The first kappa shape index (κ1) is 14.4. The molecule has 1 fully saturated rings.